The molecule has 0 N–H and O–H groups in total. The SMILES string of the molecule is C=C(C)C(=O)OCCCC[Si](O[Si](CC)(CC)CC)(O[Si](CC)(CC)CC)O[Si](CC)(CC)CC. The van der Waals surface area contributed by atoms with Gasteiger partial charge >= 0.3 is 14.8 Å². The van der Waals surface area contributed by atoms with E-state index in [4.69, 9.17) is 17.1 Å². The minimum Gasteiger partial charge on any atom is -0.462 e. The Bertz CT molecular complexity index is 537. The van der Waals surface area contributed by atoms with E-state index in [1.165, 1.54) is 0 Å². The molecule has 35 heavy (non-hydrogen) atoms. The Morgan fingerprint density at radius 2 is 0.914 bits per heavy atom. The lowest BCUT2D eigenvalue weighted by molar-refractivity contribution is -0.139. The van der Waals surface area contributed by atoms with Crippen molar-refractivity contribution in [2.24, 2.45) is 0 Å². The van der Waals surface area contributed by atoms with Gasteiger partial charge in [-0.2, -0.15) is 0 Å². The third-order valence-electron chi connectivity index (χ3n) is 8.37. The predicted octanol–water partition coefficient (Wildman–Crippen LogP) is 8.89. The fraction of sp³-hybridized carbons (Fsp3) is 0.885. The van der Waals surface area contributed by atoms with Crippen LogP contribution >= 0.6 is 0 Å². The van der Waals surface area contributed by atoms with Crippen molar-refractivity contribution in [1.29, 1.82) is 0 Å². The molecule has 0 bridgehead atoms. The smallest absolute Gasteiger partial charge is 0.462 e. The Morgan fingerprint density at radius 1 is 0.600 bits per heavy atom. The van der Waals surface area contributed by atoms with E-state index in [2.05, 4.69) is 68.9 Å². The van der Waals surface area contributed by atoms with Crippen LogP contribution in [0.25, 0.3) is 0 Å². The zero-order valence-electron chi connectivity index (χ0n) is 24.9. The summed E-state index contributed by atoms with van der Waals surface area (Å²) < 4.78 is 27.7. The zero-order valence-corrected chi connectivity index (χ0v) is 28.9. The average molecular weight is 563 g/mol. The molecule has 0 saturated carbocycles. The van der Waals surface area contributed by atoms with E-state index in [1.807, 2.05) is 0 Å². The maximum absolute atomic E-state index is 11.8. The van der Waals surface area contributed by atoms with Crippen molar-refractivity contribution in [3.63, 3.8) is 0 Å². The summed E-state index contributed by atoms with van der Waals surface area (Å²) in [6.07, 6.45) is 1.68. The van der Waals surface area contributed by atoms with Crippen molar-refractivity contribution in [3.05, 3.63) is 12.2 Å². The van der Waals surface area contributed by atoms with Crippen molar-refractivity contribution in [2.45, 2.75) is 143 Å². The van der Waals surface area contributed by atoms with Crippen molar-refractivity contribution in [3.8, 4) is 0 Å². The minimum absolute atomic E-state index is 0.310. The Balaban J connectivity index is 6.36. The highest BCUT2D eigenvalue weighted by Crippen LogP contribution is 2.39. The number of ether oxygens (including phenoxy) is 1. The van der Waals surface area contributed by atoms with Gasteiger partial charge in [0.1, 0.15) is 0 Å². The summed E-state index contributed by atoms with van der Waals surface area (Å²) in [5, 5.41) is 0. The standard InChI is InChI=1S/C26H58O5Si4/c1-12-32(13-2,14-3)29-35(30-33(15-4,16-5)17-6,31-34(18-7,19-8)20-9)24-22-21-23-28-26(27)25(10)11/h10,12-24H2,1-9,11H3. The topological polar surface area (TPSA) is 54.0 Å². The second-order valence-electron chi connectivity index (χ2n) is 10.1. The number of rotatable bonds is 21. The zero-order chi connectivity index (χ0) is 27.2. The number of hydrogen-bond acceptors (Lipinski definition) is 5. The van der Waals surface area contributed by atoms with Gasteiger partial charge in [-0.15, -0.1) is 0 Å². The van der Waals surface area contributed by atoms with Gasteiger partial charge in [0.05, 0.1) is 6.61 Å². The Kier molecular flexibility index (Phi) is 16.7. The number of esters is 1. The number of hydrogen-bond donors (Lipinski definition) is 0. The predicted molar refractivity (Wildman–Crippen MR) is 160 cm³/mol. The summed E-state index contributed by atoms with van der Waals surface area (Å²) in [6.45, 7) is 26.4. The highest BCUT2D eigenvalue weighted by atomic mass is 28.5. The van der Waals surface area contributed by atoms with Crippen LogP contribution in [-0.4, -0.2) is 46.3 Å². The lowest BCUT2D eigenvalue weighted by Gasteiger charge is -2.48. The van der Waals surface area contributed by atoms with E-state index in [1.54, 1.807) is 6.92 Å². The van der Waals surface area contributed by atoms with Gasteiger partial charge in [0.15, 0.2) is 25.0 Å². The molecule has 5 nitrogen and oxygen atoms in total. The molecular formula is C26H58O5Si4. The third-order valence-corrected chi connectivity index (χ3v) is 29.9. The molecular weight excluding hydrogens is 505 g/mol. The molecule has 0 heterocycles. The maximum Gasteiger partial charge on any atom is 0.469 e. The van der Waals surface area contributed by atoms with Crippen molar-refractivity contribution >= 4 is 39.7 Å². The summed E-state index contributed by atoms with van der Waals surface area (Å²) >= 11 is 0. The van der Waals surface area contributed by atoms with Crippen LogP contribution in [0.5, 0.6) is 0 Å². The first kappa shape index (κ1) is 35.0. The van der Waals surface area contributed by atoms with Crippen LogP contribution < -0.4 is 0 Å². The van der Waals surface area contributed by atoms with Crippen molar-refractivity contribution < 1.29 is 21.9 Å². The fourth-order valence-electron chi connectivity index (χ4n) is 4.84. The van der Waals surface area contributed by atoms with Gasteiger partial charge in [0.2, 0.25) is 0 Å². The van der Waals surface area contributed by atoms with Crippen LogP contribution in [0.3, 0.4) is 0 Å². The highest BCUT2D eigenvalue weighted by molar-refractivity contribution is 6.92. The molecule has 0 amide bonds. The molecule has 0 aromatic carbocycles. The second-order valence-corrected chi connectivity index (χ2v) is 27.9. The maximum atomic E-state index is 11.8. The van der Waals surface area contributed by atoms with Crippen LogP contribution in [0.4, 0.5) is 0 Å². The number of carbonyl (C=O) groups excluding carboxylic acids is 1. The quantitative estimate of drug-likeness (QED) is 0.0605. The van der Waals surface area contributed by atoms with Crippen LogP contribution in [0, 0.1) is 0 Å². The van der Waals surface area contributed by atoms with Gasteiger partial charge in [0.25, 0.3) is 0 Å². The lowest BCUT2D eigenvalue weighted by atomic mass is 10.3. The van der Waals surface area contributed by atoms with E-state index >= 15 is 0 Å². The molecule has 0 aromatic rings. The van der Waals surface area contributed by atoms with Gasteiger partial charge in [-0.1, -0.05) is 68.9 Å². The van der Waals surface area contributed by atoms with Gasteiger partial charge in [-0.3, -0.25) is 0 Å². The third kappa shape index (κ3) is 10.3. The molecule has 0 aliphatic rings. The summed E-state index contributed by atoms with van der Waals surface area (Å²) in [6, 6.07) is 10.7. The second kappa shape index (κ2) is 16.7. The summed E-state index contributed by atoms with van der Waals surface area (Å²) in [5.74, 6) is -0.310. The summed E-state index contributed by atoms with van der Waals surface area (Å²) in [4.78, 5) is 11.8. The Morgan fingerprint density at radius 3 is 1.17 bits per heavy atom. The van der Waals surface area contributed by atoms with Crippen molar-refractivity contribution in [1.82, 2.24) is 0 Å². The van der Waals surface area contributed by atoms with E-state index in [0.29, 0.717) is 12.2 Å². The normalized spacial score (nSPS) is 13.2. The Hall–Kier alpha value is -0.0425. The molecule has 0 fully saturated rings. The molecule has 0 spiro atoms. The first-order valence-corrected chi connectivity index (χ1v) is 23.9. The highest BCUT2D eigenvalue weighted by Gasteiger charge is 2.54. The molecule has 0 aromatic heterocycles. The molecule has 208 valence electrons. The molecule has 0 radical (unpaired) electrons. The van der Waals surface area contributed by atoms with E-state index < -0.39 is 33.8 Å². The molecule has 0 atom stereocenters. The van der Waals surface area contributed by atoms with Crippen molar-refractivity contribution in [2.75, 3.05) is 6.61 Å². The Labute approximate surface area is 222 Å². The van der Waals surface area contributed by atoms with E-state index in [9.17, 15) is 4.79 Å². The lowest BCUT2D eigenvalue weighted by Crippen LogP contribution is -2.64. The van der Waals surface area contributed by atoms with Gasteiger partial charge in [-0.25, -0.2) is 4.79 Å². The molecule has 0 unspecified atom stereocenters. The van der Waals surface area contributed by atoms with Crippen LogP contribution in [0.15, 0.2) is 12.2 Å². The van der Waals surface area contributed by atoms with E-state index in [0.717, 1.165) is 73.3 Å². The first-order chi connectivity index (χ1) is 16.5. The van der Waals surface area contributed by atoms with Gasteiger partial charge in [-0.05, 0) is 74.2 Å². The average Bonchev–Trinajstić information content (AvgIpc) is 2.89. The minimum atomic E-state index is -2.96. The summed E-state index contributed by atoms with van der Waals surface area (Å²) in [7, 11) is -8.88. The monoisotopic (exact) mass is 562 g/mol. The molecule has 0 saturated heterocycles. The summed E-state index contributed by atoms with van der Waals surface area (Å²) in [5.41, 5.74) is 0.447. The van der Waals surface area contributed by atoms with Gasteiger partial charge < -0.3 is 17.1 Å². The van der Waals surface area contributed by atoms with Crippen LogP contribution in [0.1, 0.15) is 82.1 Å². The molecule has 0 aliphatic heterocycles. The molecule has 0 rings (SSSR count). The van der Waals surface area contributed by atoms with Crippen LogP contribution in [0.2, 0.25) is 60.4 Å². The van der Waals surface area contributed by atoms with Gasteiger partial charge in [0, 0.05) is 11.6 Å². The van der Waals surface area contributed by atoms with E-state index in [-0.39, 0.29) is 5.97 Å². The molecule has 0 aliphatic carbocycles. The largest absolute Gasteiger partial charge is 0.469 e. The number of carbonyl (C=O) groups is 1. The molecule has 9 heteroatoms. The number of unbranched alkanes of at least 4 members (excludes halogenated alkanes) is 1. The van der Waals surface area contributed by atoms with Crippen LogP contribution in [-0.2, 0) is 21.9 Å². The first-order valence-electron chi connectivity index (χ1n) is 14.4. The fourth-order valence-corrected chi connectivity index (χ4v) is 26.0.